The van der Waals surface area contributed by atoms with E-state index in [1.54, 1.807) is 0 Å². The molecule has 0 spiro atoms. The topological polar surface area (TPSA) is 30.5 Å². The highest BCUT2D eigenvalue weighted by molar-refractivity contribution is 7.80. The quantitative estimate of drug-likeness (QED) is 0.560. The highest BCUT2D eigenvalue weighted by Crippen LogP contribution is 2.25. The Morgan fingerprint density at radius 3 is 2.56 bits per heavy atom. The first-order chi connectivity index (χ1) is 13.1. The molecule has 2 N–H and O–H groups in total. The van der Waals surface area contributed by atoms with Gasteiger partial charge in [-0.1, -0.05) is 35.9 Å². The van der Waals surface area contributed by atoms with Crippen LogP contribution in [0.5, 0.6) is 0 Å². The molecule has 0 atom stereocenters. The predicted molar refractivity (Wildman–Crippen MR) is 120 cm³/mol. The van der Waals surface area contributed by atoms with Gasteiger partial charge in [0.05, 0.1) is 0 Å². The number of hydrogen-bond donors (Lipinski definition) is 2. The Hall–Kier alpha value is -1.82. The van der Waals surface area contributed by atoms with Gasteiger partial charge in [-0.15, -0.1) is 0 Å². The van der Waals surface area contributed by atoms with Crippen molar-refractivity contribution in [3.63, 3.8) is 0 Å². The minimum absolute atomic E-state index is 0.683. The van der Waals surface area contributed by atoms with Gasteiger partial charge in [0.1, 0.15) is 0 Å². The Balaban J connectivity index is 1.34. The largest absolute Gasteiger partial charge is 0.369 e. The minimum Gasteiger partial charge on any atom is -0.369 e. The van der Waals surface area contributed by atoms with Crippen LogP contribution in [0, 0.1) is 6.92 Å². The van der Waals surface area contributed by atoms with E-state index in [-0.39, 0.29) is 0 Å². The molecule has 1 heterocycles. The molecule has 0 unspecified atom stereocenters. The number of nitrogens with zero attached hydrogens (tertiary/aromatic N) is 2. The summed E-state index contributed by atoms with van der Waals surface area (Å²) in [6.45, 7) is 8.37. The second kappa shape index (κ2) is 9.93. The van der Waals surface area contributed by atoms with E-state index in [1.165, 1.54) is 11.3 Å². The van der Waals surface area contributed by atoms with Crippen LogP contribution in [0.15, 0.2) is 48.5 Å². The molecule has 1 fully saturated rings. The predicted octanol–water partition coefficient (Wildman–Crippen LogP) is 4.15. The maximum absolute atomic E-state index is 6.17. The molecule has 2 aromatic rings. The fraction of sp³-hybridized carbons (Fsp3) is 0.381. The van der Waals surface area contributed by atoms with Crippen LogP contribution in [0.1, 0.15) is 12.0 Å². The molecule has 0 aromatic heterocycles. The summed E-state index contributed by atoms with van der Waals surface area (Å²) >= 11 is 11.5. The number of anilines is 2. The number of rotatable bonds is 6. The number of thiocarbonyl (C=S) groups is 1. The van der Waals surface area contributed by atoms with Gasteiger partial charge in [0.15, 0.2) is 5.11 Å². The summed E-state index contributed by atoms with van der Waals surface area (Å²) < 4.78 is 0. The zero-order chi connectivity index (χ0) is 19.1. The van der Waals surface area contributed by atoms with E-state index < -0.39 is 0 Å². The van der Waals surface area contributed by atoms with Crippen LogP contribution >= 0.6 is 23.8 Å². The van der Waals surface area contributed by atoms with Gasteiger partial charge in [-0.25, -0.2) is 0 Å². The molecule has 3 rings (SSSR count). The van der Waals surface area contributed by atoms with Crippen molar-refractivity contribution in [1.82, 2.24) is 10.2 Å². The van der Waals surface area contributed by atoms with E-state index in [4.69, 9.17) is 23.8 Å². The van der Waals surface area contributed by atoms with Crippen molar-refractivity contribution in [2.45, 2.75) is 13.3 Å². The summed E-state index contributed by atoms with van der Waals surface area (Å²) in [5.74, 6) is 0. The molecule has 2 aromatic carbocycles. The van der Waals surface area contributed by atoms with Crippen molar-refractivity contribution >= 4 is 40.3 Å². The number of para-hydroxylation sites is 1. The molecule has 0 amide bonds. The second-order valence-electron chi connectivity index (χ2n) is 6.86. The van der Waals surface area contributed by atoms with E-state index in [9.17, 15) is 0 Å². The third-order valence-electron chi connectivity index (χ3n) is 4.85. The average molecular weight is 403 g/mol. The van der Waals surface area contributed by atoms with Gasteiger partial charge in [0.25, 0.3) is 0 Å². The molecule has 144 valence electrons. The van der Waals surface area contributed by atoms with Crippen LogP contribution in [0.25, 0.3) is 0 Å². The van der Waals surface area contributed by atoms with Crippen LogP contribution < -0.4 is 15.5 Å². The molecular formula is C21H27ClN4S. The number of nitrogens with one attached hydrogen (secondary N) is 2. The zero-order valence-electron chi connectivity index (χ0n) is 15.7. The van der Waals surface area contributed by atoms with E-state index in [0.29, 0.717) is 5.11 Å². The molecular weight excluding hydrogens is 376 g/mol. The third kappa shape index (κ3) is 6.09. The summed E-state index contributed by atoms with van der Waals surface area (Å²) in [5, 5.41) is 7.98. The fourth-order valence-electron chi connectivity index (χ4n) is 3.34. The maximum atomic E-state index is 6.17. The van der Waals surface area contributed by atoms with Crippen LogP contribution in [0.3, 0.4) is 0 Å². The first-order valence-corrected chi connectivity index (χ1v) is 10.2. The first kappa shape index (κ1) is 19.9. The lowest BCUT2D eigenvalue weighted by Gasteiger charge is -2.37. The summed E-state index contributed by atoms with van der Waals surface area (Å²) in [5.41, 5.74) is 3.57. The molecule has 6 heteroatoms. The SMILES string of the molecule is Cc1ccc(Cl)cc1N1CCN(CCCNC(=S)Nc2ccccc2)CC1. The molecule has 4 nitrogen and oxygen atoms in total. The van der Waals surface area contributed by atoms with Gasteiger partial charge >= 0.3 is 0 Å². The Kier molecular flexibility index (Phi) is 7.33. The summed E-state index contributed by atoms with van der Waals surface area (Å²) in [6.07, 6.45) is 1.08. The number of aryl methyl sites for hydroxylation is 1. The fourth-order valence-corrected chi connectivity index (χ4v) is 3.72. The van der Waals surface area contributed by atoms with E-state index in [0.717, 1.165) is 56.4 Å². The van der Waals surface area contributed by atoms with Gasteiger partial charge in [0, 0.05) is 49.1 Å². The smallest absolute Gasteiger partial charge is 0.170 e. The van der Waals surface area contributed by atoms with E-state index in [2.05, 4.69) is 39.5 Å². The Labute approximate surface area is 172 Å². The normalized spacial score (nSPS) is 14.8. The molecule has 27 heavy (non-hydrogen) atoms. The van der Waals surface area contributed by atoms with Crippen LogP contribution in [-0.4, -0.2) is 49.3 Å². The van der Waals surface area contributed by atoms with Crippen LogP contribution in [0.4, 0.5) is 11.4 Å². The Morgan fingerprint density at radius 2 is 1.81 bits per heavy atom. The standard InChI is InChI=1S/C21H27ClN4S/c1-17-8-9-18(22)16-20(17)26-14-12-25(13-15-26)11-5-10-23-21(27)24-19-6-3-2-4-7-19/h2-4,6-9,16H,5,10-15H2,1H3,(H2,23,24,27). The Bertz CT molecular complexity index is 745. The van der Waals surface area contributed by atoms with Gasteiger partial charge in [-0.3, -0.25) is 4.90 Å². The van der Waals surface area contributed by atoms with Gasteiger partial charge in [0.2, 0.25) is 0 Å². The molecule has 0 bridgehead atoms. The first-order valence-electron chi connectivity index (χ1n) is 9.45. The van der Waals surface area contributed by atoms with Crippen molar-refractivity contribution in [2.24, 2.45) is 0 Å². The van der Waals surface area contributed by atoms with Crippen molar-refractivity contribution in [3.8, 4) is 0 Å². The van der Waals surface area contributed by atoms with Gasteiger partial charge in [-0.2, -0.15) is 0 Å². The zero-order valence-corrected chi connectivity index (χ0v) is 17.3. The summed E-state index contributed by atoms with van der Waals surface area (Å²) in [7, 11) is 0. The summed E-state index contributed by atoms with van der Waals surface area (Å²) in [4.78, 5) is 4.96. The maximum Gasteiger partial charge on any atom is 0.170 e. The lowest BCUT2D eigenvalue weighted by atomic mass is 10.1. The highest BCUT2D eigenvalue weighted by Gasteiger charge is 2.18. The monoisotopic (exact) mass is 402 g/mol. The van der Waals surface area contributed by atoms with Crippen LogP contribution in [-0.2, 0) is 0 Å². The van der Waals surface area contributed by atoms with Gasteiger partial charge < -0.3 is 15.5 Å². The number of benzene rings is 2. The molecule has 1 aliphatic heterocycles. The highest BCUT2D eigenvalue weighted by atomic mass is 35.5. The lowest BCUT2D eigenvalue weighted by Crippen LogP contribution is -2.47. The van der Waals surface area contributed by atoms with Crippen molar-refractivity contribution < 1.29 is 0 Å². The molecule has 1 saturated heterocycles. The Morgan fingerprint density at radius 1 is 1.07 bits per heavy atom. The average Bonchev–Trinajstić information content (AvgIpc) is 2.68. The lowest BCUT2D eigenvalue weighted by molar-refractivity contribution is 0.255. The molecule has 1 aliphatic rings. The minimum atomic E-state index is 0.683. The van der Waals surface area contributed by atoms with E-state index >= 15 is 0 Å². The molecule has 0 saturated carbocycles. The van der Waals surface area contributed by atoms with Crippen molar-refractivity contribution in [2.75, 3.05) is 49.5 Å². The molecule has 0 radical (unpaired) electrons. The number of halogens is 1. The molecule has 0 aliphatic carbocycles. The summed E-state index contributed by atoms with van der Waals surface area (Å²) in [6, 6.07) is 16.1. The van der Waals surface area contributed by atoms with Crippen molar-refractivity contribution in [3.05, 3.63) is 59.1 Å². The van der Waals surface area contributed by atoms with Crippen LogP contribution in [0.2, 0.25) is 5.02 Å². The number of piperazine rings is 1. The van der Waals surface area contributed by atoms with Crippen molar-refractivity contribution in [1.29, 1.82) is 0 Å². The van der Waals surface area contributed by atoms with Gasteiger partial charge in [-0.05, 0) is 61.9 Å². The third-order valence-corrected chi connectivity index (χ3v) is 5.33. The number of hydrogen-bond acceptors (Lipinski definition) is 3. The van der Waals surface area contributed by atoms with E-state index in [1.807, 2.05) is 36.4 Å². The second-order valence-corrected chi connectivity index (χ2v) is 7.70.